The van der Waals surface area contributed by atoms with E-state index in [1.165, 1.54) is 129 Å². The van der Waals surface area contributed by atoms with Gasteiger partial charge in [0.05, 0.1) is 20.6 Å². The summed E-state index contributed by atoms with van der Waals surface area (Å²) in [6.45, 7) is 2.27. The van der Waals surface area contributed by atoms with E-state index in [1.807, 2.05) is 6.07 Å². The van der Waals surface area contributed by atoms with Crippen molar-refractivity contribution in [1.82, 2.24) is 0 Å². The number of benzene rings is 2. The van der Waals surface area contributed by atoms with Gasteiger partial charge >= 0.3 is 0 Å². The number of unbranched alkanes of at least 4 members (excludes halogenated alkanes) is 16. The van der Waals surface area contributed by atoms with Crippen LogP contribution in [0, 0.1) is 0 Å². The van der Waals surface area contributed by atoms with E-state index in [0.29, 0.717) is 17.1 Å². The second-order valence-corrected chi connectivity index (χ2v) is 12.3. The Hall–Kier alpha value is -3.54. The third kappa shape index (κ3) is 16.1. The number of hydrogen-bond acceptors (Lipinski definition) is 6. The fourth-order valence-electron chi connectivity index (χ4n) is 5.64. The maximum Gasteiger partial charge on any atom is 0.163 e. The van der Waals surface area contributed by atoms with Crippen molar-refractivity contribution in [3.05, 3.63) is 59.2 Å². The molecule has 0 radical (unpaired) electrons. The molecule has 2 aromatic rings. The minimum absolute atomic E-state index is 0.0144. The summed E-state index contributed by atoms with van der Waals surface area (Å²) in [6.07, 6.45) is 28.9. The standard InChI is InChI=1S/C40H58O6/c1-4-5-6-7-8-9-10-11-12-13-14-15-16-17-18-19-20-21-34-28-33(30-39(46-3)40(34)44)23-26-36(42)31-35(41)25-22-32-24-27-37(43)38(29-32)45-2/h22-30,43-44H,4-21,31H2,1-3H3/b25-22+,26-23+. The largest absolute Gasteiger partial charge is 0.504 e. The summed E-state index contributed by atoms with van der Waals surface area (Å²) in [4.78, 5) is 24.8. The van der Waals surface area contributed by atoms with Gasteiger partial charge in [0.1, 0.15) is 0 Å². The molecule has 0 unspecified atom stereocenters. The van der Waals surface area contributed by atoms with Gasteiger partial charge in [-0.05, 0) is 65.9 Å². The first-order valence-corrected chi connectivity index (χ1v) is 17.6. The number of hydrogen-bond donors (Lipinski definition) is 2. The number of aromatic hydroxyl groups is 2. The molecule has 46 heavy (non-hydrogen) atoms. The minimum Gasteiger partial charge on any atom is -0.504 e. The van der Waals surface area contributed by atoms with Crippen LogP contribution in [0.3, 0.4) is 0 Å². The van der Waals surface area contributed by atoms with Gasteiger partial charge in [-0.1, -0.05) is 128 Å². The number of methoxy groups -OCH3 is 2. The van der Waals surface area contributed by atoms with E-state index in [-0.39, 0.29) is 29.5 Å². The van der Waals surface area contributed by atoms with Gasteiger partial charge in [-0.25, -0.2) is 0 Å². The van der Waals surface area contributed by atoms with Crippen LogP contribution >= 0.6 is 0 Å². The fraction of sp³-hybridized carbons (Fsp3) is 0.550. The first-order valence-electron chi connectivity index (χ1n) is 17.6. The SMILES string of the molecule is CCCCCCCCCCCCCCCCCCCc1cc(/C=C/C(=O)CC(=O)/C=C/c2ccc(O)c(OC)c2)cc(OC)c1O. The molecule has 0 bridgehead atoms. The van der Waals surface area contributed by atoms with Crippen LogP contribution in [-0.4, -0.2) is 36.0 Å². The molecule has 2 rings (SSSR count). The van der Waals surface area contributed by atoms with Gasteiger partial charge in [0, 0.05) is 0 Å². The molecule has 0 saturated carbocycles. The molecule has 2 N–H and O–H groups in total. The smallest absolute Gasteiger partial charge is 0.163 e. The second-order valence-electron chi connectivity index (χ2n) is 12.3. The maximum absolute atomic E-state index is 12.5. The molecule has 0 heterocycles. The molecule has 0 spiro atoms. The van der Waals surface area contributed by atoms with Crippen LogP contribution in [0.4, 0.5) is 0 Å². The lowest BCUT2D eigenvalue weighted by atomic mass is 10.0. The van der Waals surface area contributed by atoms with E-state index in [4.69, 9.17) is 9.47 Å². The Morgan fingerprint density at radius 3 is 1.57 bits per heavy atom. The van der Waals surface area contributed by atoms with E-state index >= 15 is 0 Å². The average molecular weight is 635 g/mol. The lowest BCUT2D eigenvalue weighted by Crippen LogP contribution is -2.02. The summed E-state index contributed by atoms with van der Waals surface area (Å²) in [5.74, 6) is 0.195. The van der Waals surface area contributed by atoms with Crippen LogP contribution < -0.4 is 9.47 Å². The molecule has 0 aliphatic carbocycles. The third-order valence-corrected chi connectivity index (χ3v) is 8.42. The van der Waals surface area contributed by atoms with Crippen molar-refractivity contribution >= 4 is 23.7 Å². The first kappa shape index (κ1) is 38.6. The molecule has 0 saturated heterocycles. The quantitative estimate of drug-likeness (QED) is 0.0607. The van der Waals surface area contributed by atoms with Gasteiger partial charge in [-0.15, -0.1) is 0 Å². The summed E-state index contributed by atoms with van der Waals surface area (Å²) in [5.41, 5.74) is 2.22. The molecule has 0 aromatic heterocycles. The average Bonchev–Trinajstić information content (AvgIpc) is 3.05. The summed E-state index contributed by atoms with van der Waals surface area (Å²) in [7, 11) is 2.97. The Balaban J connectivity index is 1.67. The topological polar surface area (TPSA) is 93.1 Å². The lowest BCUT2D eigenvalue weighted by Gasteiger charge is -2.11. The van der Waals surface area contributed by atoms with Crippen molar-refractivity contribution in [3.63, 3.8) is 0 Å². The van der Waals surface area contributed by atoms with Gasteiger partial charge in [0.15, 0.2) is 34.6 Å². The molecule has 0 aliphatic rings. The van der Waals surface area contributed by atoms with Gasteiger partial charge in [-0.2, -0.15) is 0 Å². The van der Waals surface area contributed by atoms with E-state index in [9.17, 15) is 19.8 Å². The highest BCUT2D eigenvalue weighted by molar-refractivity contribution is 6.10. The van der Waals surface area contributed by atoms with Crippen LogP contribution in [0.25, 0.3) is 12.2 Å². The predicted molar refractivity (Wildman–Crippen MR) is 190 cm³/mol. The first-order chi connectivity index (χ1) is 22.4. The number of carbonyl (C=O) groups excluding carboxylic acids is 2. The second kappa shape index (κ2) is 23.7. The minimum atomic E-state index is -0.329. The monoisotopic (exact) mass is 634 g/mol. The zero-order chi connectivity index (χ0) is 33.4. The molecule has 0 atom stereocenters. The third-order valence-electron chi connectivity index (χ3n) is 8.42. The number of aryl methyl sites for hydroxylation is 1. The Morgan fingerprint density at radius 1 is 0.609 bits per heavy atom. The Bertz CT molecular complexity index is 1230. The van der Waals surface area contributed by atoms with Gasteiger partial charge < -0.3 is 19.7 Å². The van der Waals surface area contributed by atoms with Crippen molar-refractivity contribution in [2.75, 3.05) is 14.2 Å². The predicted octanol–water partition coefficient (Wildman–Crippen LogP) is 10.6. The highest BCUT2D eigenvalue weighted by atomic mass is 16.5. The molecular formula is C40H58O6. The lowest BCUT2D eigenvalue weighted by molar-refractivity contribution is -0.121. The van der Waals surface area contributed by atoms with Gasteiger partial charge in [0.2, 0.25) is 0 Å². The highest BCUT2D eigenvalue weighted by Crippen LogP contribution is 2.33. The van der Waals surface area contributed by atoms with Crippen molar-refractivity contribution in [1.29, 1.82) is 0 Å². The molecule has 6 heteroatoms. The Labute approximate surface area is 277 Å². The molecule has 6 nitrogen and oxygen atoms in total. The number of allylic oxidation sites excluding steroid dienone is 2. The van der Waals surface area contributed by atoms with Crippen molar-refractivity contribution < 1.29 is 29.3 Å². The van der Waals surface area contributed by atoms with Crippen LogP contribution in [-0.2, 0) is 16.0 Å². The fourth-order valence-corrected chi connectivity index (χ4v) is 5.64. The molecular weight excluding hydrogens is 576 g/mol. The van der Waals surface area contributed by atoms with Crippen LogP contribution in [0.2, 0.25) is 0 Å². The zero-order valence-corrected chi connectivity index (χ0v) is 28.7. The number of phenols is 2. The number of ketones is 2. The normalized spacial score (nSPS) is 11.5. The Morgan fingerprint density at radius 2 is 1.07 bits per heavy atom. The molecule has 2 aromatic carbocycles. The summed E-state index contributed by atoms with van der Waals surface area (Å²) < 4.78 is 10.5. The zero-order valence-electron chi connectivity index (χ0n) is 28.7. The van der Waals surface area contributed by atoms with Gasteiger partial charge in [0.25, 0.3) is 0 Å². The Kier molecular flexibility index (Phi) is 19.9. The molecule has 254 valence electrons. The van der Waals surface area contributed by atoms with E-state index in [0.717, 1.165) is 30.4 Å². The van der Waals surface area contributed by atoms with E-state index in [2.05, 4.69) is 6.92 Å². The van der Waals surface area contributed by atoms with Crippen molar-refractivity contribution in [2.45, 2.75) is 129 Å². The maximum atomic E-state index is 12.5. The number of phenolic OH excluding ortho intramolecular Hbond substituents is 2. The molecule has 0 fully saturated rings. The summed E-state index contributed by atoms with van der Waals surface area (Å²) in [6, 6.07) is 8.32. The highest BCUT2D eigenvalue weighted by Gasteiger charge is 2.11. The van der Waals surface area contributed by atoms with E-state index < -0.39 is 0 Å². The van der Waals surface area contributed by atoms with Gasteiger partial charge in [-0.3, -0.25) is 9.59 Å². The van der Waals surface area contributed by atoms with Crippen LogP contribution in [0.5, 0.6) is 23.0 Å². The number of carbonyl (C=O) groups is 2. The van der Waals surface area contributed by atoms with Crippen LogP contribution in [0.1, 0.15) is 139 Å². The van der Waals surface area contributed by atoms with Crippen molar-refractivity contribution in [3.8, 4) is 23.0 Å². The van der Waals surface area contributed by atoms with Crippen molar-refractivity contribution in [2.24, 2.45) is 0 Å². The summed E-state index contributed by atoms with van der Waals surface area (Å²) >= 11 is 0. The van der Waals surface area contributed by atoms with E-state index in [1.54, 1.807) is 30.4 Å². The van der Waals surface area contributed by atoms with Crippen LogP contribution in [0.15, 0.2) is 42.5 Å². The number of ether oxygens (including phenoxy) is 2. The molecule has 0 amide bonds. The number of rotatable bonds is 26. The molecule has 0 aliphatic heterocycles. The summed E-state index contributed by atoms with van der Waals surface area (Å²) in [5, 5.41) is 20.4.